The van der Waals surface area contributed by atoms with E-state index in [1.54, 1.807) is 21.3 Å². The molecule has 1 amide bonds. The van der Waals surface area contributed by atoms with Gasteiger partial charge in [-0.1, -0.05) is 6.07 Å². The van der Waals surface area contributed by atoms with Gasteiger partial charge in [-0.05, 0) is 31.4 Å². The number of aliphatic hydroxyl groups excluding tert-OH is 1. The lowest BCUT2D eigenvalue weighted by atomic mass is 9.84. The van der Waals surface area contributed by atoms with Crippen LogP contribution in [0.5, 0.6) is 11.5 Å². The zero-order valence-electron chi connectivity index (χ0n) is 13.9. The van der Waals surface area contributed by atoms with E-state index in [-0.39, 0.29) is 17.9 Å². The van der Waals surface area contributed by atoms with Crippen molar-refractivity contribution in [3.05, 3.63) is 23.8 Å². The van der Waals surface area contributed by atoms with Crippen molar-refractivity contribution in [3.63, 3.8) is 0 Å². The van der Waals surface area contributed by atoms with Gasteiger partial charge in [-0.25, -0.2) is 0 Å². The summed E-state index contributed by atoms with van der Waals surface area (Å²) in [7, 11) is 4.74. The second-order valence-electron chi connectivity index (χ2n) is 5.71. The maximum absolute atomic E-state index is 12.4. The largest absolute Gasteiger partial charge is 0.496 e. The third-order valence-electron chi connectivity index (χ3n) is 4.40. The van der Waals surface area contributed by atoms with Gasteiger partial charge in [-0.2, -0.15) is 0 Å². The number of carbonyl (C=O) groups is 1. The molecule has 128 valence electrons. The molecule has 0 aromatic heterocycles. The van der Waals surface area contributed by atoms with E-state index in [2.05, 4.69) is 5.32 Å². The van der Waals surface area contributed by atoms with Gasteiger partial charge in [0.25, 0.3) is 0 Å². The molecule has 0 bridgehead atoms. The lowest BCUT2D eigenvalue weighted by Gasteiger charge is -2.31. The fourth-order valence-electron chi connectivity index (χ4n) is 3.03. The van der Waals surface area contributed by atoms with Gasteiger partial charge >= 0.3 is 0 Å². The number of hydrogen-bond donors (Lipinski definition) is 2. The van der Waals surface area contributed by atoms with Crippen molar-refractivity contribution in [2.75, 3.05) is 21.3 Å². The quantitative estimate of drug-likeness (QED) is 0.829. The number of aliphatic hydroxyl groups is 1. The van der Waals surface area contributed by atoms with E-state index in [1.807, 2.05) is 18.2 Å². The first-order valence-electron chi connectivity index (χ1n) is 7.79. The highest BCUT2D eigenvalue weighted by molar-refractivity contribution is 5.79. The van der Waals surface area contributed by atoms with Crippen molar-refractivity contribution in [3.8, 4) is 11.5 Å². The number of amides is 1. The lowest BCUT2D eigenvalue weighted by Crippen LogP contribution is -2.41. The highest BCUT2D eigenvalue weighted by atomic mass is 16.5. The number of benzene rings is 1. The molecule has 6 nitrogen and oxygen atoms in total. The normalized spacial score (nSPS) is 24.1. The van der Waals surface area contributed by atoms with Gasteiger partial charge in [0.15, 0.2) is 0 Å². The Balaban J connectivity index is 1.99. The van der Waals surface area contributed by atoms with Crippen molar-refractivity contribution in [2.24, 2.45) is 5.92 Å². The predicted octanol–water partition coefficient (Wildman–Crippen LogP) is 1.50. The predicted molar refractivity (Wildman–Crippen MR) is 85.5 cm³/mol. The standard InChI is InChI=1S/C17H25NO5/c1-21-14-5-4-6-15(22-2)12(14)10-18-17(20)11-7-8-13(19)16(9-11)23-3/h4-6,11,13,16,19H,7-10H2,1-3H3,(H,18,20)/t11-,13+,16-/m1/s1. The van der Waals surface area contributed by atoms with Crippen LogP contribution >= 0.6 is 0 Å². The van der Waals surface area contributed by atoms with E-state index in [1.165, 1.54) is 0 Å². The summed E-state index contributed by atoms with van der Waals surface area (Å²) in [5.74, 6) is 1.17. The molecule has 23 heavy (non-hydrogen) atoms. The first kappa shape index (κ1) is 17.6. The topological polar surface area (TPSA) is 77.0 Å². The molecule has 0 saturated heterocycles. The van der Waals surface area contributed by atoms with Crippen molar-refractivity contribution >= 4 is 5.91 Å². The smallest absolute Gasteiger partial charge is 0.223 e. The highest BCUT2D eigenvalue weighted by Gasteiger charge is 2.32. The number of carbonyl (C=O) groups excluding carboxylic acids is 1. The maximum Gasteiger partial charge on any atom is 0.223 e. The number of methoxy groups -OCH3 is 3. The van der Waals surface area contributed by atoms with Crippen LogP contribution in [0.2, 0.25) is 0 Å². The summed E-state index contributed by atoms with van der Waals surface area (Å²) in [5.41, 5.74) is 0.810. The van der Waals surface area contributed by atoms with E-state index in [9.17, 15) is 9.90 Å². The number of hydrogen-bond acceptors (Lipinski definition) is 5. The molecule has 1 aromatic rings. The fourth-order valence-corrected chi connectivity index (χ4v) is 3.03. The summed E-state index contributed by atoms with van der Waals surface area (Å²) in [5, 5.41) is 12.8. The molecule has 0 aliphatic heterocycles. The minimum absolute atomic E-state index is 0.0353. The number of ether oxygens (including phenoxy) is 3. The van der Waals surface area contributed by atoms with Gasteiger partial charge in [-0.15, -0.1) is 0 Å². The third-order valence-corrected chi connectivity index (χ3v) is 4.40. The second kappa shape index (κ2) is 8.17. The molecule has 1 aromatic carbocycles. The summed E-state index contributed by atoms with van der Waals surface area (Å²) in [6.07, 6.45) is 1.01. The SMILES string of the molecule is COc1cccc(OC)c1CNC(=O)[C@@H]1CC[C@H](O)[C@H](OC)C1. The number of rotatable bonds is 6. The molecule has 1 aliphatic carbocycles. The molecular weight excluding hydrogens is 298 g/mol. The Morgan fingerprint density at radius 2 is 1.87 bits per heavy atom. The van der Waals surface area contributed by atoms with E-state index < -0.39 is 6.10 Å². The van der Waals surface area contributed by atoms with Gasteiger partial charge in [0, 0.05) is 13.0 Å². The Morgan fingerprint density at radius 1 is 1.22 bits per heavy atom. The molecule has 1 fully saturated rings. The number of nitrogens with one attached hydrogen (secondary N) is 1. The second-order valence-corrected chi connectivity index (χ2v) is 5.71. The minimum atomic E-state index is -0.488. The van der Waals surface area contributed by atoms with E-state index in [0.29, 0.717) is 37.3 Å². The molecule has 0 spiro atoms. The zero-order chi connectivity index (χ0) is 16.8. The molecule has 1 aliphatic rings. The van der Waals surface area contributed by atoms with Crippen molar-refractivity contribution in [1.82, 2.24) is 5.32 Å². The summed E-state index contributed by atoms with van der Waals surface area (Å²) >= 11 is 0. The van der Waals surface area contributed by atoms with Gasteiger partial charge in [0.05, 0.1) is 38.5 Å². The van der Waals surface area contributed by atoms with Crippen LogP contribution in [-0.2, 0) is 16.1 Å². The summed E-state index contributed by atoms with van der Waals surface area (Å²) in [6, 6.07) is 5.51. The Morgan fingerprint density at radius 3 is 2.43 bits per heavy atom. The van der Waals surface area contributed by atoms with Crippen LogP contribution in [0.1, 0.15) is 24.8 Å². The lowest BCUT2D eigenvalue weighted by molar-refractivity contribution is -0.130. The van der Waals surface area contributed by atoms with Crippen LogP contribution < -0.4 is 14.8 Å². The van der Waals surface area contributed by atoms with Crippen LogP contribution in [-0.4, -0.2) is 44.6 Å². The van der Waals surface area contributed by atoms with Gasteiger partial charge in [-0.3, -0.25) is 4.79 Å². The highest BCUT2D eigenvalue weighted by Crippen LogP contribution is 2.29. The van der Waals surface area contributed by atoms with Crippen LogP contribution in [0.25, 0.3) is 0 Å². The van der Waals surface area contributed by atoms with Crippen molar-refractivity contribution < 1.29 is 24.1 Å². The zero-order valence-corrected chi connectivity index (χ0v) is 13.9. The molecule has 0 unspecified atom stereocenters. The molecular formula is C17H25NO5. The van der Waals surface area contributed by atoms with Crippen LogP contribution in [0, 0.1) is 5.92 Å². The monoisotopic (exact) mass is 323 g/mol. The summed E-state index contributed by atoms with van der Waals surface area (Å²) in [4.78, 5) is 12.4. The van der Waals surface area contributed by atoms with Gasteiger partial charge in [0.1, 0.15) is 11.5 Å². The Labute approximate surface area is 136 Å². The van der Waals surface area contributed by atoms with Crippen LogP contribution in [0.4, 0.5) is 0 Å². The van der Waals surface area contributed by atoms with Crippen LogP contribution in [0.15, 0.2) is 18.2 Å². The third kappa shape index (κ3) is 4.14. The first-order valence-corrected chi connectivity index (χ1v) is 7.79. The fraction of sp³-hybridized carbons (Fsp3) is 0.588. The van der Waals surface area contributed by atoms with Crippen molar-refractivity contribution in [2.45, 2.75) is 38.0 Å². The van der Waals surface area contributed by atoms with Crippen molar-refractivity contribution in [1.29, 1.82) is 0 Å². The molecule has 2 N–H and O–H groups in total. The van der Waals surface area contributed by atoms with E-state index >= 15 is 0 Å². The Hall–Kier alpha value is -1.79. The van der Waals surface area contributed by atoms with E-state index in [4.69, 9.17) is 14.2 Å². The molecule has 1 saturated carbocycles. The maximum atomic E-state index is 12.4. The minimum Gasteiger partial charge on any atom is -0.496 e. The van der Waals surface area contributed by atoms with E-state index in [0.717, 1.165) is 5.56 Å². The molecule has 0 radical (unpaired) electrons. The molecule has 2 rings (SSSR count). The average molecular weight is 323 g/mol. The van der Waals surface area contributed by atoms with Crippen LogP contribution in [0.3, 0.4) is 0 Å². The Bertz CT molecular complexity index is 511. The Kier molecular flexibility index (Phi) is 6.24. The first-order chi connectivity index (χ1) is 11.1. The van der Waals surface area contributed by atoms with Gasteiger partial charge in [0.2, 0.25) is 5.91 Å². The summed E-state index contributed by atoms with van der Waals surface area (Å²) < 4.78 is 15.9. The molecule has 0 heterocycles. The summed E-state index contributed by atoms with van der Waals surface area (Å²) in [6.45, 7) is 0.336. The van der Waals surface area contributed by atoms with Gasteiger partial charge < -0.3 is 24.6 Å². The average Bonchev–Trinajstić information content (AvgIpc) is 2.59. The molecule has 6 heteroatoms. The molecule has 3 atom stereocenters.